The van der Waals surface area contributed by atoms with E-state index in [1.54, 1.807) is 20.3 Å². The Balaban J connectivity index is 2.11. The Labute approximate surface area is 187 Å². The van der Waals surface area contributed by atoms with Crippen LogP contribution in [0.4, 0.5) is 0 Å². The first kappa shape index (κ1) is 25.4. The third kappa shape index (κ3) is 7.66. The first-order chi connectivity index (χ1) is 14.9. The van der Waals surface area contributed by atoms with Gasteiger partial charge in [0.1, 0.15) is 0 Å². The summed E-state index contributed by atoms with van der Waals surface area (Å²) in [6.07, 6.45) is 0.773. The number of nitrogens with one attached hydrogen (secondary N) is 2. The third-order valence-electron chi connectivity index (χ3n) is 5.60. The molecule has 1 aliphatic heterocycles. The minimum atomic E-state index is 0.0221. The minimum Gasteiger partial charge on any atom is -0.493 e. The molecule has 176 valence electrons. The highest BCUT2D eigenvalue weighted by Crippen LogP contribution is 2.29. The average molecular weight is 436 g/mol. The van der Waals surface area contributed by atoms with Crippen molar-refractivity contribution in [1.82, 2.24) is 15.5 Å². The van der Waals surface area contributed by atoms with Crippen molar-refractivity contribution >= 4 is 5.91 Å². The molecule has 0 saturated carbocycles. The second kappa shape index (κ2) is 12.9. The Bertz CT molecular complexity index is 681. The molecule has 1 aromatic rings. The van der Waals surface area contributed by atoms with Crippen molar-refractivity contribution in [2.45, 2.75) is 46.2 Å². The monoisotopic (exact) mass is 435 g/mol. The molecule has 2 rings (SSSR count). The summed E-state index contributed by atoms with van der Waals surface area (Å²) in [4.78, 5) is 15.4. The molecule has 0 bridgehead atoms. The van der Waals surface area contributed by atoms with E-state index in [9.17, 15) is 4.79 Å². The van der Waals surface area contributed by atoms with Crippen molar-refractivity contribution in [3.63, 3.8) is 0 Å². The minimum absolute atomic E-state index is 0.0221. The van der Waals surface area contributed by atoms with Crippen molar-refractivity contribution in [2.75, 3.05) is 53.6 Å². The van der Waals surface area contributed by atoms with Gasteiger partial charge in [-0.05, 0) is 44.5 Å². The summed E-state index contributed by atoms with van der Waals surface area (Å²) in [5.74, 6) is 2.22. The number of benzene rings is 1. The number of carbonyl (C=O) groups excluding carboxylic acids is 1. The lowest BCUT2D eigenvalue weighted by Gasteiger charge is -2.32. The fourth-order valence-corrected chi connectivity index (χ4v) is 3.81. The number of hydrogen-bond donors (Lipinski definition) is 2. The van der Waals surface area contributed by atoms with Crippen LogP contribution in [0.1, 0.15) is 44.5 Å². The van der Waals surface area contributed by atoms with Crippen molar-refractivity contribution in [3.05, 3.63) is 23.8 Å². The Hall–Kier alpha value is -1.83. The number of methoxy groups -OCH3 is 2. The fourth-order valence-electron chi connectivity index (χ4n) is 3.81. The molecule has 1 aromatic carbocycles. The Kier molecular flexibility index (Phi) is 10.6. The third-order valence-corrected chi connectivity index (χ3v) is 5.60. The largest absolute Gasteiger partial charge is 0.493 e. The number of nitrogens with zero attached hydrogens (tertiary/aromatic N) is 1. The van der Waals surface area contributed by atoms with Crippen LogP contribution in [0, 0.1) is 11.8 Å². The molecule has 7 nitrogen and oxygen atoms in total. The highest BCUT2D eigenvalue weighted by Gasteiger charge is 2.31. The number of rotatable bonds is 13. The zero-order valence-corrected chi connectivity index (χ0v) is 20.1. The molecular formula is C24H41N3O4. The topological polar surface area (TPSA) is 72.1 Å². The molecule has 1 heterocycles. The fraction of sp³-hybridized carbons (Fsp3) is 0.708. The quantitative estimate of drug-likeness (QED) is 0.464. The number of carbonyl (C=O) groups is 1. The van der Waals surface area contributed by atoms with Gasteiger partial charge in [-0.2, -0.15) is 0 Å². The van der Waals surface area contributed by atoms with Crippen LogP contribution in [0.2, 0.25) is 0 Å². The highest BCUT2D eigenvalue weighted by atomic mass is 16.5. The summed E-state index contributed by atoms with van der Waals surface area (Å²) in [6, 6.07) is 5.91. The Morgan fingerprint density at radius 3 is 2.58 bits per heavy atom. The van der Waals surface area contributed by atoms with Crippen molar-refractivity contribution in [1.29, 1.82) is 0 Å². The second-order valence-corrected chi connectivity index (χ2v) is 8.94. The van der Waals surface area contributed by atoms with E-state index in [0.29, 0.717) is 48.2 Å². The smallest absolute Gasteiger partial charge is 0.254 e. The van der Waals surface area contributed by atoms with Crippen molar-refractivity contribution in [2.24, 2.45) is 11.8 Å². The van der Waals surface area contributed by atoms with E-state index in [-0.39, 0.29) is 11.9 Å². The lowest BCUT2D eigenvalue weighted by Crippen LogP contribution is -2.46. The van der Waals surface area contributed by atoms with Crippen LogP contribution < -0.4 is 20.1 Å². The molecule has 0 radical (unpaired) electrons. The van der Waals surface area contributed by atoms with Gasteiger partial charge in [-0.3, -0.25) is 4.79 Å². The molecule has 31 heavy (non-hydrogen) atoms. The molecule has 2 atom stereocenters. The number of ether oxygens (including phenoxy) is 3. The molecule has 1 amide bonds. The summed E-state index contributed by atoms with van der Waals surface area (Å²) in [6.45, 7) is 13.3. The highest BCUT2D eigenvalue weighted by molar-refractivity contribution is 5.95. The zero-order chi connectivity index (χ0) is 22.8. The van der Waals surface area contributed by atoms with Gasteiger partial charge in [0, 0.05) is 63.3 Å². The molecule has 2 N–H and O–H groups in total. The van der Waals surface area contributed by atoms with E-state index in [2.05, 4.69) is 38.3 Å². The van der Waals surface area contributed by atoms with Crippen LogP contribution in [0.3, 0.4) is 0 Å². The molecule has 1 fully saturated rings. The van der Waals surface area contributed by atoms with Gasteiger partial charge in [0.25, 0.3) is 5.91 Å². The summed E-state index contributed by atoms with van der Waals surface area (Å²) < 4.78 is 16.4. The lowest BCUT2D eigenvalue weighted by molar-refractivity contribution is 0.0667. The van der Waals surface area contributed by atoms with Crippen LogP contribution >= 0.6 is 0 Å². The van der Waals surface area contributed by atoms with E-state index >= 15 is 0 Å². The first-order valence-electron chi connectivity index (χ1n) is 11.4. The zero-order valence-electron chi connectivity index (χ0n) is 20.1. The predicted octanol–water partition coefficient (Wildman–Crippen LogP) is 2.79. The van der Waals surface area contributed by atoms with Gasteiger partial charge in [-0.15, -0.1) is 0 Å². The van der Waals surface area contributed by atoms with E-state index < -0.39 is 0 Å². The number of amides is 1. The van der Waals surface area contributed by atoms with Gasteiger partial charge in [0.05, 0.1) is 13.7 Å². The van der Waals surface area contributed by atoms with Crippen LogP contribution in [0.15, 0.2) is 18.2 Å². The van der Waals surface area contributed by atoms with Gasteiger partial charge in [0.2, 0.25) is 0 Å². The molecule has 1 aliphatic rings. The maximum absolute atomic E-state index is 13.4. The summed E-state index contributed by atoms with van der Waals surface area (Å²) in [5, 5.41) is 7.14. The van der Waals surface area contributed by atoms with Crippen LogP contribution in [-0.2, 0) is 4.74 Å². The molecule has 0 aromatic heterocycles. The van der Waals surface area contributed by atoms with E-state index in [1.165, 1.54) is 0 Å². The molecule has 2 unspecified atom stereocenters. The molecular weight excluding hydrogens is 394 g/mol. The van der Waals surface area contributed by atoms with Crippen molar-refractivity contribution < 1.29 is 19.0 Å². The Morgan fingerprint density at radius 1 is 1.16 bits per heavy atom. The predicted molar refractivity (Wildman–Crippen MR) is 124 cm³/mol. The second-order valence-electron chi connectivity index (χ2n) is 8.94. The molecule has 1 saturated heterocycles. The molecule has 7 heteroatoms. The van der Waals surface area contributed by atoms with Gasteiger partial charge in [0.15, 0.2) is 11.5 Å². The standard InChI is InChI=1S/C24H41N3O4/c1-17(2)13-26-21-15-25-14-20(21)16-27(18(3)4)24(28)19-8-9-22(30-6)23(12-19)31-11-7-10-29-5/h8-9,12,17-18,20-21,25-26H,7,10-11,13-16H2,1-6H3. The van der Waals surface area contributed by atoms with Crippen LogP contribution in [0.5, 0.6) is 11.5 Å². The maximum Gasteiger partial charge on any atom is 0.254 e. The van der Waals surface area contributed by atoms with E-state index in [1.807, 2.05) is 17.0 Å². The first-order valence-corrected chi connectivity index (χ1v) is 11.4. The van der Waals surface area contributed by atoms with Gasteiger partial charge >= 0.3 is 0 Å². The molecule has 0 spiro atoms. The van der Waals surface area contributed by atoms with Gasteiger partial charge in [-0.25, -0.2) is 0 Å². The summed E-state index contributed by atoms with van der Waals surface area (Å²) in [7, 11) is 3.28. The normalized spacial score (nSPS) is 18.6. The summed E-state index contributed by atoms with van der Waals surface area (Å²) in [5.41, 5.74) is 0.619. The SMILES string of the molecule is COCCCOc1cc(C(=O)N(CC2CNCC2NCC(C)C)C(C)C)ccc1OC. The average Bonchev–Trinajstić information content (AvgIpc) is 3.19. The summed E-state index contributed by atoms with van der Waals surface area (Å²) >= 11 is 0. The van der Waals surface area contributed by atoms with Gasteiger partial charge in [-0.1, -0.05) is 13.8 Å². The number of hydrogen-bond acceptors (Lipinski definition) is 6. The van der Waals surface area contributed by atoms with Crippen LogP contribution in [-0.4, -0.2) is 76.5 Å². The lowest BCUT2D eigenvalue weighted by atomic mass is 10.0. The Morgan fingerprint density at radius 2 is 1.94 bits per heavy atom. The maximum atomic E-state index is 13.4. The van der Waals surface area contributed by atoms with Gasteiger partial charge < -0.3 is 29.7 Å². The van der Waals surface area contributed by atoms with Crippen molar-refractivity contribution in [3.8, 4) is 11.5 Å². The van der Waals surface area contributed by atoms with E-state index in [0.717, 1.165) is 32.6 Å². The molecule has 0 aliphatic carbocycles. The van der Waals surface area contributed by atoms with E-state index in [4.69, 9.17) is 14.2 Å². The van der Waals surface area contributed by atoms with Crippen LogP contribution in [0.25, 0.3) is 0 Å².